The smallest absolute Gasteiger partial charge is 0.0702 e. The van der Waals surface area contributed by atoms with Crippen LogP contribution in [0.2, 0.25) is 0 Å². The summed E-state index contributed by atoms with van der Waals surface area (Å²) >= 11 is 0. The van der Waals surface area contributed by atoms with E-state index in [9.17, 15) is 0 Å². The van der Waals surface area contributed by atoms with Crippen molar-refractivity contribution >= 4 is 0 Å². The van der Waals surface area contributed by atoms with Crippen molar-refractivity contribution in [1.82, 2.24) is 10.2 Å². The Hall–Kier alpha value is -0.120. The molecule has 2 atom stereocenters. The molecule has 0 aromatic carbocycles. The standard InChI is InChI=1S/C15H32N2O/c1-6-15(4,11-16-13(2)3)12-17(5)10-14-8-7-9-18-14/h13-14,16H,6-12H2,1-5H3. The van der Waals surface area contributed by atoms with Crippen molar-refractivity contribution in [3.8, 4) is 0 Å². The number of rotatable bonds is 8. The molecule has 0 aliphatic carbocycles. The van der Waals surface area contributed by atoms with Gasteiger partial charge in [0.1, 0.15) is 0 Å². The second-order valence-electron chi connectivity index (χ2n) is 6.53. The molecule has 1 saturated heterocycles. The van der Waals surface area contributed by atoms with E-state index in [1.807, 2.05) is 0 Å². The van der Waals surface area contributed by atoms with E-state index in [0.717, 1.165) is 26.2 Å². The van der Waals surface area contributed by atoms with Crippen LogP contribution in [-0.2, 0) is 4.74 Å². The van der Waals surface area contributed by atoms with E-state index in [-0.39, 0.29) is 0 Å². The number of likely N-dealkylation sites (N-methyl/N-ethyl adjacent to an activating group) is 1. The van der Waals surface area contributed by atoms with Crippen molar-refractivity contribution in [2.24, 2.45) is 5.41 Å². The van der Waals surface area contributed by atoms with Crippen molar-refractivity contribution in [2.45, 2.75) is 59.1 Å². The van der Waals surface area contributed by atoms with Crippen molar-refractivity contribution in [3.63, 3.8) is 0 Å². The number of hydrogen-bond acceptors (Lipinski definition) is 3. The third-order valence-corrected chi connectivity index (χ3v) is 3.98. The number of nitrogens with zero attached hydrogens (tertiary/aromatic N) is 1. The SMILES string of the molecule is CCC(C)(CNC(C)C)CN(C)CC1CCCO1. The van der Waals surface area contributed by atoms with Gasteiger partial charge in [0.15, 0.2) is 0 Å². The average Bonchev–Trinajstić information content (AvgIpc) is 2.79. The van der Waals surface area contributed by atoms with Crippen LogP contribution in [0.5, 0.6) is 0 Å². The lowest BCUT2D eigenvalue weighted by molar-refractivity contribution is 0.0659. The van der Waals surface area contributed by atoms with Gasteiger partial charge in [-0.05, 0) is 31.7 Å². The van der Waals surface area contributed by atoms with Crippen molar-refractivity contribution in [3.05, 3.63) is 0 Å². The van der Waals surface area contributed by atoms with E-state index < -0.39 is 0 Å². The average molecular weight is 256 g/mol. The van der Waals surface area contributed by atoms with Gasteiger partial charge in [-0.2, -0.15) is 0 Å². The molecule has 0 aromatic rings. The van der Waals surface area contributed by atoms with Crippen LogP contribution in [0.4, 0.5) is 0 Å². The van der Waals surface area contributed by atoms with Crippen molar-refractivity contribution in [1.29, 1.82) is 0 Å². The molecule has 3 nitrogen and oxygen atoms in total. The van der Waals surface area contributed by atoms with Gasteiger partial charge in [-0.25, -0.2) is 0 Å². The molecule has 18 heavy (non-hydrogen) atoms. The van der Waals surface area contributed by atoms with Crippen LogP contribution in [0.15, 0.2) is 0 Å². The van der Waals surface area contributed by atoms with E-state index in [1.54, 1.807) is 0 Å². The van der Waals surface area contributed by atoms with Gasteiger partial charge >= 0.3 is 0 Å². The van der Waals surface area contributed by atoms with Gasteiger partial charge in [0.25, 0.3) is 0 Å². The zero-order chi connectivity index (χ0) is 13.6. The quantitative estimate of drug-likeness (QED) is 0.722. The van der Waals surface area contributed by atoms with Gasteiger partial charge in [-0.1, -0.05) is 27.7 Å². The fraction of sp³-hybridized carbons (Fsp3) is 1.00. The molecule has 0 radical (unpaired) electrons. The molecule has 2 unspecified atom stereocenters. The van der Waals surface area contributed by atoms with Crippen LogP contribution in [0, 0.1) is 5.41 Å². The normalized spacial score (nSPS) is 23.8. The Morgan fingerprint density at radius 2 is 2.17 bits per heavy atom. The van der Waals surface area contributed by atoms with Gasteiger partial charge in [0.2, 0.25) is 0 Å². The van der Waals surface area contributed by atoms with Crippen LogP contribution in [0.3, 0.4) is 0 Å². The number of ether oxygens (including phenoxy) is 1. The summed E-state index contributed by atoms with van der Waals surface area (Å²) in [7, 11) is 2.23. The molecule has 0 aromatic heterocycles. The van der Waals surface area contributed by atoms with E-state index in [0.29, 0.717) is 17.6 Å². The molecule has 0 amide bonds. The molecule has 1 fully saturated rings. The topological polar surface area (TPSA) is 24.5 Å². The lowest BCUT2D eigenvalue weighted by Gasteiger charge is -2.34. The maximum atomic E-state index is 5.71. The maximum Gasteiger partial charge on any atom is 0.0702 e. The summed E-state index contributed by atoms with van der Waals surface area (Å²) in [6, 6.07) is 0.569. The Kier molecular flexibility index (Phi) is 6.61. The Morgan fingerprint density at radius 3 is 2.67 bits per heavy atom. The Morgan fingerprint density at radius 1 is 1.44 bits per heavy atom. The monoisotopic (exact) mass is 256 g/mol. The van der Waals surface area contributed by atoms with Crippen LogP contribution in [0.25, 0.3) is 0 Å². The van der Waals surface area contributed by atoms with Gasteiger partial charge < -0.3 is 15.0 Å². The first kappa shape index (κ1) is 15.9. The van der Waals surface area contributed by atoms with Gasteiger partial charge in [-0.3, -0.25) is 0 Å². The van der Waals surface area contributed by atoms with Gasteiger partial charge in [0, 0.05) is 32.3 Å². The summed E-state index contributed by atoms with van der Waals surface area (Å²) in [5.74, 6) is 0. The van der Waals surface area contributed by atoms with Crippen LogP contribution in [0.1, 0.15) is 47.0 Å². The summed E-state index contributed by atoms with van der Waals surface area (Å²) in [5, 5.41) is 3.58. The molecular formula is C15H32N2O. The maximum absolute atomic E-state index is 5.71. The molecule has 0 bridgehead atoms. The Balaban J connectivity index is 2.34. The molecule has 108 valence electrons. The highest BCUT2D eigenvalue weighted by Crippen LogP contribution is 2.22. The zero-order valence-corrected chi connectivity index (χ0v) is 13.0. The number of hydrogen-bond donors (Lipinski definition) is 1. The minimum atomic E-state index is 0.359. The highest BCUT2D eigenvalue weighted by atomic mass is 16.5. The molecule has 1 N–H and O–H groups in total. The summed E-state index contributed by atoms with van der Waals surface area (Å²) in [4.78, 5) is 2.45. The largest absolute Gasteiger partial charge is 0.377 e. The van der Waals surface area contributed by atoms with Crippen LogP contribution in [-0.4, -0.2) is 50.3 Å². The first-order valence-electron chi connectivity index (χ1n) is 7.49. The predicted molar refractivity (Wildman–Crippen MR) is 78.0 cm³/mol. The molecule has 3 heteroatoms. The summed E-state index contributed by atoms with van der Waals surface area (Å²) in [6.07, 6.45) is 4.15. The second kappa shape index (κ2) is 7.46. The molecule has 1 aliphatic rings. The summed E-state index contributed by atoms with van der Waals surface area (Å²) in [5.41, 5.74) is 0.359. The Labute approximate surface area is 113 Å². The third-order valence-electron chi connectivity index (χ3n) is 3.98. The highest BCUT2D eigenvalue weighted by Gasteiger charge is 2.26. The fourth-order valence-electron chi connectivity index (χ4n) is 2.60. The molecule has 1 aliphatic heterocycles. The van der Waals surface area contributed by atoms with E-state index in [4.69, 9.17) is 4.74 Å². The van der Waals surface area contributed by atoms with E-state index >= 15 is 0 Å². The Bertz CT molecular complexity index is 227. The first-order valence-corrected chi connectivity index (χ1v) is 7.49. The lowest BCUT2D eigenvalue weighted by Crippen LogP contribution is -2.44. The molecule has 1 rings (SSSR count). The predicted octanol–water partition coefficient (Wildman–Crippen LogP) is 2.51. The fourth-order valence-corrected chi connectivity index (χ4v) is 2.60. The van der Waals surface area contributed by atoms with E-state index in [1.165, 1.54) is 19.3 Å². The molecule has 0 saturated carbocycles. The summed E-state index contributed by atoms with van der Waals surface area (Å²) in [6.45, 7) is 13.4. The van der Waals surface area contributed by atoms with Gasteiger partial charge in [-0.15, -0.1) is 0 Å². The molecule has 0 spiro atoms. The van der Waals surface area contributed by atoms with Crippen molar-refractivity contribution < 1.29 is 4.74 Å². The van der Waals surface area contributed by atoms with E-state index in [2.05, 4.69) is 45.0 Å². The summed E-state index contributed by atoms with van der Waals surface area (Å²) < 4.78 is 5.71. The minimum Gasteiger partial charge on any atom is -0.377 e. The lowest BCUT2D eigenvalue weighted by atomic mass is 9.86. The first-order chi connectivity index (χ1) is 8.45. The molecule has 1 heterocycles. The third kappa shape index (κ3) is 5.68. The van der Waals surface area contributed by atoms with Crippen molar-refractivity contribution in [2.75, 3.05) is 33.3 Å². The van der Waals surface area contributed by atoms with Crippen LogP contribution < -0.4 is 5.32 Å². The van der Waals surface area contributed by atoms with Crippen LogP contribution >= 0.6 is 0 Å². The minimum absolute atomic E-state index is 0.359. The zero-order valence-electron chi connectivity index (χ0n) is 13.0. The molecular weight excluding hydrogens is 224 g/mol. The highest BCUT2D eigenvalue weighted by molar-refractivity contribution is 4.81. The van der Waals surface area contributed by atoms with Gasteiger partial charge in [0.05, 0.1) is 6.10 Å². The number of nitrogens with one attached hydrogen (secondary N) is 1. The second-order valence-corrected chi connectivity index (χ2v) is 6.53.